The molecule has 2 aromatic rings. The van der Waals surface area contributed by atoms with E-state index in [9.17, 15) is 19.2 Å². The maximum atomic E-state index is 14.3. The summed E-state index contributed by atoms with van der Waals surface area (Å²) in [6, 6.07) is 13.1. The molecule has 41 heavy (non-hydrogen) atoms. The van der Waals surface area contributed by atoms with E-state index in [1.807, 2.05) is 69.3 Å². The topological polar surface area (TPSA) is 114 Å². The Labute approximate surface area is 244 Å². The van der Waals surface area contributed by atoms with Gasteiger partial charge in [0.15, 0.2) is 0 Å². The molecule has 0 saturated heterocycles. The van der Waals surface area contributed by atoms with Crippen LogP contribution in [0.4, 0.5) is 4.79 Å². The number of alkyl carbamates (subject to hydrolysis) is 1. The van der Waals surface area contributed by atoms with Gasteiger partial charge >= 0.3 is 12.1 Å². The second-order valence-electron chi connectivity index (χ2n) is 11.0. The normalized spacial score (nSPS) is 12.6. The highest BCUT2D eigenvalue weighted by Crippen LogP contribution is 2.27. The number of nitrogens with zero attached hydrogens (tertiary/aromatic N) is 1. The van der Waals surface area contributed by atoms with Crippen molar-refractivity contribution in [2.24, 2.45) is 0 Å². The molecule has 2 N–H and O–H groups in total. The first-order chi connectivity index (χ1) is 19.4. The molecule has 3 amide bonds. The van der Waals surface area contributed by atoms with Crippen molar-refractivity contribution in [2.75, 3.05) is 19.7 Å². The molecule has 0 fully saturated rings. The number of nitrogens with one attached hydrogen (secondary N) is 2. The van der Waals surface area contributed by atoms with Crippen LogP contribution in [0.15, 0.2) is 48.5 Å². The molecule has 0 heterocycles. The minimum absolute atomic E-state index is 0.0116. The lowest BCUT2D eigenvalue weighted by Gasteiger charge is -2.35. The van der Waals surface area contributed by atoms with Gasteiger partial charge in [-0.15, -0.1) is 0 Å². The predicted molar refractivity (Wildman–Crippen MR) is 158 cm³/mol. The smallest absolute Gasteiger partial charge is 0.408 e. The number of esters is 1. The Bertz CT molecular complexity index is 1180. The Morgan fingerprint density at radius 2 is 1.66 bits per heavy atom. The van der Waals surface area contributed by atoms with Crippen molar-refractivity contribution in [3.05, 3.63) is 70.8 Å². The number of benzene rings is 2. The standard InChI is InChI=1S/C32H45N3O6/c1-8-19-35(30(38)26(21-24-13-11-10-12-14-24)34-31(39)41-32(5,6)7)28(25-16-15-22(3)20-23(25)4)29(37)33-18-17-27(36)40-9-2/h10-16,20,26,28H,8-9,17-19,21H2,1-7H3,(H,33,37)(H,34,39). The van der Waals surface area contributed by atoms with Gasteiger partial charge in [-0.3, -0.25) is 14.4 Å². The van der Waals surface area contributed by atoms with E-state index in [-0.39, 0.29) is 32.5 Å². The van der Waals surface area contributed by atoms with Crippen molar-refractivity contribution in [2.45, 2.75) is 85.4 Å². The van der Waals surface area contributed by atoms with Crippen molar-refractivity contribution in [1.29, 1.82) is 0 Å². The van der Waals surface area contributed by atoms with Gasteiger partial charge in [-0.2, -0.15) is 0 Å². The lowest BCUT2D eigenvalue weighted by atomic mass is 9.95. The quantitative estimate of drug-likeness (QED) is 0.337. The molecule has 0 bridgehead atoms. The lowest BCUT2D eigenvalue weighted by molar-refractivity contribution is -0.144. The van der Waals surface area contributed by atoms with E-state index >= 15 is 0 Å². The van der Waals surface area contributed by atoms with Crippen molar-refractivity contribution < 1.29 is 28.7 Å². The maximum absolute atomic E-state index is 14.3. The Kier molecular flexibility index (Phi) is 12.8. The number of ether oxygens (including phenoxy) is 2. The van der Waals surface area contributed by atoms with Crippen molar-refractivity contribution >= 4 is 23.9 Å². The zero-order valence-corrected chi connectivity index (χ0v) is 25.4. The molecule has 2 aromatic carbocycles. The van der Waals surface area contributed by atoms with Crippen LogP contribution in [-0.2, 0) is 30.3 Å². The van der Waals surface area contributed by atoms with Gasteiger partial charge in [0.25, 0.3) is 0 Å². The van der Waals surface area contributed by atoms with Gasteiger partial charge in [-0.05, 0) is 64.7 Å². The Balaban J connectivity index is 2.49. The molecule has 0 saturated carbocycles. The molecule has 9 heteroatoms. The number of carbonyl (C=O) groups excluding carboxylic acids is 4. The van der Waals surface area contributed by atoms with Crippen LogP contribution in [0, 0.1) is 13.8 Å². The molecule has 224 valence electrons. The average molecular weight is 568 g/mol. The Morgan fingerprint density at radius 3 is 2.24 bits per heavy atom. The fraction of sp³-hybridized carbons (Fsp3) is 0.500. The SMILES string of the molecule is CCCN(C(=O)C(Cc1ccccc1)NC(=O)OC(C)(C)C)C(C(=O)NCCC(=O)OCC)c1ccc(C)cc1C. The van der Waals surface area contributed by atoms with Gasteiger partial charge in [0.2, 0.25) is 11.8 Å². The number of rotatable bonds is 13. The fourth-order valence-corrected chi connectivity index (χ4v) is 4.51. The third kappa shape index (κ3) is 10.9. The summed E-state index contributed by atoms with van der Waals surface area (Å²) < 4.78 is 10.5. The second kappa shape index (κ2) is 15.8. The molecule has 0 aliphatic rings. The third-order valence-electron chi connectivity index (χ3n) is 6.23. The van der Waals surface area contributed by atoms with Crippen molar-refractivity contribution in [3.63, 3.8) is 0 Å². The summed E-state index contributed by atoms with van der Waals surface area (Å²) in [5.74, 6) is -1.24. The molecule has 9 nitrogen and oxygen atoms in total. The van der Waals surface area contributed by atoms with Gasteiger partial charge in [-0.25, -0.2) is 4.79 Å². The highest BCUT2D eigenvalue weighted by Gasteiger charge is 2.36. The van der Waals surface area contributed by atoms with Gasteiger partial charge in [0.05, 0.1) is 13.0 Å². The molecular formula is C32H45N3O6. The molecule has 2 unspecified atom stereocenters. The summed E-state index contributed by atoms with van der Waals surface area (Å²) in [7, 11) is 0. The van der Waals surface area contributed by atoms with E-state index in [1.54, 1.807) is 27.7 Å². The van der Waals surface area contributed by atoms with Crippen LogP contribution in [0.3, 0.4) is 0 Å². The predicted octanol–water partition coefficient (Wildman–Crippen LogP) is 4.79. The highest BCUT2D eigenvalue weighted by molar-refractivity contribution is 5.92. The molecule has 2 rings (SSSR count). The molecular weight excluding hydrogens is 522 g/mol. The number of hydrogen-bond acceptors (Lipinski definition) is 6. The first kappa shape index (κ1) is 33.3. The first-order valence-corrected chi connectivity index (χ1v) is 14.2. The van der Waals surface area contributed by atoms with Crippen LogP contribution in [0.25, 0.3) is 0 Å². The van der Waals surface area contributed by atoms with E-state index < -0.39 is 41.6 Å². The van der Waals surface area contributed by atoms with Gasteiger partial charge in [-0.1, -0.05) is 61.0 Å². The van der Waals surface area contributed by atoms with E-state index in [0.29, 0.717) is 12.0 Å². The number of amides is 3. The van der Waals surface area contributed by atoms with Gasteiger partial charge < -0.3 is 25.0 Å². The molecule has 0 aromatic heterocycles. The van der Waals surface area contributed by atoms with Crippen LogP contribution in [0.5, 0.6) is 0 Å². The molecule has 0 spiro atoms. The third-order valence-corrected chi connectivity index (χ3v) is 6.23. The minimum atomic E-state index is -0.987. The van der Waals surface area contributed by atoms with Crippen LogP contribution in [-0.4, -0.2) is 60.1 Å². The molecule has 0 aliphatic heterocycles. The van der Waals surface area contributed by atoms with E-state index in [4.69, 9.17) is 9.47 Å². The van der Waals surface area contributed by atoms with Crippen LogP contribution in [0.1, 0.15) is 75.8 Å². The van der Waals surface area contributed by atoms with E-state index in [0.717, 1.165) is 16.7 Å². The monoisotopic (exact) mass is 567 g/mol. The van der Waals surface area contributed by atoms with Crippen LogP contribution < -0.4 is 10.6 Å². The Hall–Kier alpha value is -3.88. The average Bonchev–Trinajstić information content (AvgIpc) is 2.88. The molecule has 0 radical (unpaired) electrons. The van der Waals surface area contributed by atoms with E-state index in [1.165, 1.54) is 4.90 Å². The molecule has 0 aliphatic carbocycles. The van der Waals surface area contributed by atoms with Crippen LogP contribution >= 0.6 is 0 Å². The zero-order valence-electron chi connectivity index (χ0n) is 25.4. The summed E-state index contributed by atoms with van der Waals surface area (Å²) in [6.07, 6.45) is 0.0829. The Morgan fingerprint density at radius 1 is 0.976 bits per heavy atom. The molecule has 2 atom stereocenters. The largest absolute Gasteiger partial charge is 0.466 e. The number of aryl methyl sites for hydroxylation is 2. The van der Waals surface area contributed by atoms with Gasteiger partial charge in [0.1, 0.15) is 17.7 Å². The first-order valence-electron chi connectivity index (χ1n) is 14.2. The summed E-state index contributed by atoms with van der Waals surface area (Å²) in [5, 5.41) is 5.58. The fourth-order valence-electron chi connectivity index (χ4n) is 4.51. The zero-order chi connectivity index (χ0) is 30.6. The minimum Gasteiger partial charge on any atom is -0.466 e. The van der Waals surface area contributed by atoms with Gasteiger partial charge in [0, 0.05) is 19.5 Å². The summed E-state index contributed by atoms with van der Waals surface area (Å²) >= 11 is 0. The number of hydrogen-bond donors (Lipinski definition) is 2. The number of carbonyl (C=O) groups is 4. The maximum Gasteiger partial charge on any atom is 0.408 e. The highest BCUT2D eigenvalue weighted by atomic mass is 16.6. The lowest BCUT2D eigenvalue weighted by Crippen LogP contribution is -2.54. The summed E-state index contributed by atoms with van der Waals surface area (Å²) in [6.45, 7) is 13.3. The van der Waals surface area contributed by atoms with Crippen molar-refractivity contribution in [1.82, 2.24) is 15.5 Å². The second-order valence-corrected chi connectivity index (χ2v) is 11.0. The summed E-state index contributed by atoms with van der Waals surface area (Å²) in [4.78, 5) is 54.3. The van der Waals surface area contributed by atoms with Crippen molar-refractivity contribution in [3.8, 4) is 0 Å². The van der Waals surface area contributed by atoms with Crippen LogP contribution in [0.2, 0.25) is 0 Å². The van der Waals surface area contributed by atoms with E-state index in [2.05, 4.69) is 10.6 Å². The summed E-state index contributed by atoms with van der Waals surface area (Å²) in [5.41, 5.74) is 2.63.